The minimum Gasteiger partial charge on any atom is -0.430 e. The van der Waals surface area contributed by atoms with Gasteiger partial charge in [-0.3, -0.25) is 0 Å². The molecule has 2 saturated heterocycles. The van der Waals surface area contributed by atoms with E-state index in [1.807, 2.05) is 0 Å². The highest BCUT2D eigenvalue weighted by Crippen LogP contribution is 2.71. The van der Waals surface area contributed by atoms with Gasteiger partial charge in [0.15, 0.2) is 0 Å². The number of rotatable bonds is 2. The molecule has 1 saturated carbocycles. The van der Waals surface area contributed by atoms with Crippen molar-refractivity contribution >= 4 is 6.16 Å². The van der Waals surface area contributed by atoms with Gasteiger partial charge in [0.2, 0.25) is 0 Å². The molecule has 5 nitrogen and oxygen atoms in total. The lowest BCUT2D eigenvalue weighted by Crippen LogP contribution is -2.63. The van der Waals surface area contributed by atoms with Crippen LogP contribution >= 0.6 is 0 Å². The zero-order chi connectivity index (χ0) is 17.2. The Morgan fingerprint density at radius 3 is 2.83 bits per heavy atom. The van der Waals surface area contributed by atoms with Crippen molar-refractivity contribution in [3.63, 3.8) is 0 Å². The predicted octanol–water partition coefficient (Wildman–Crippen LogP) is 3.73. The van der Waals surface area contributed by atoms with Gasteiger partial charge in [0.1, 0.15) is 11.7 Å². The molecule has 2 heterocycles. The molecule has 0 aromatic rings. The quantitative estimate of drug-likeness (QED) is 0.333. The van der Waals surface area contributed by atoms with Gasteiger partial charge in [-0.1, -0.05) is 31.6 Å². The molecule has 2 bridgehead atoms. The number of hydrogen-bond donors (Lipinski definition) is 0. The van der Waals surface area contributed by atoms with Crippen molar-refractivity contribution in [1.82, 2.24) is 0 Å². The fourth-order valence-electron chi connectivity index (χ4n) is 5.29. The maximum absolute atomic E-state index is 12.0. The Bertz CT molecular complexity index is 619. The zero-order valence-corrected chi connectivity index (χ0v) is 14.8. The van der Waals surface area contributed by atoms with E-state index >= 15 is 0 Å². The fourth-order valence-corrected chi connectivity index (χ4v) is 5.29. The van der Waals surface area contributed by atoms with Gasteiger partial charge >= 0.3 is 6.16 Å². The summed E-state index contributed by atoms with van der Waals surface area (Å²) in [5.41, 5.74) is 0.655. The highest BCUT2D eigenvalue weighted by molar-refractivity contribution is 5.61. The van der Waals surface area contributed by atoms with Crippen molar-refractivity contribution in [2.75, 3.05) is 6.61 Å². The molecule has 0 amide bonds. The van der Waals surface area contributed by atoms with Crippen molar-refractivity contribution in [2.45, 2.75) is 70.9 Å². The molecule has 0 aromatic carbocycles. The SMILES string of the molecule is CC=COC(=O)OC1CC2OC3C=C(C)CCC3(C)C1(C)C21CO1. The highest BCUT2D eigenvalue weighted by Gasteiger charge is 2.81. The summed E-state index contributed by atoms with van der Waals surface area (Å²) in [4.78, 5) is 12.0. The molecule has 5 heteroatoms. The third kappa shape index (κ3) is 1.85. The van der Waals surface area contributed by atoms with Crippen molar-refractivity contribution in [2.24, 2.45) is 10.8 Å². The Morgan fingerprint density at radius 2 is 2.17 bits per heavy atom. The minimum absolute atomic E-state index is 0.0257. The lowest BCUT2D eigenvalue weighted by Gasteiger charge is -2.57. The molecule has 2 aliphatic heterocycles. The highest BCUT2D eigenvalue weighted by atomic mass is 16.7. The Kier molecular flexibility index (Phi) is 3.42. The summed E-state index contributed by atoms with van der Waals surface area (Å²) in [7, 11) is 0. The second kappa shape index (κ2) is 5.09. The van der Waals surface area contributed by atoms with Crippen LogP contribution in [0.3, 0.4) is 0 Å². The fraction of sp³-hybridized carbons (Fsp3) is 0.737. The van der Waals surface area contributed by atoms with Crippen molar-refractivity contribution in [3.05, 3.63) is 24.0 Å². The molecule has 4 rings (SSSR count). The van der Waals surface area contributed by atoms with E-state index in [-0.39, 0.29) is 34.7 Å². The van der Waals surface area contributed by atoms with E-state index in [2.05, 4.69) is 26.8 Å². The summed E-state index contributed by atoms with van der Waals surface area (Å²) in [5.74, 6) is 0. The van der Waals surface area contributed by atoms with E-state index < -0.39 is 6.16 Å². The molecule has 0 N–H and O–H groups in total. The Morgan fingerprint density at radius 1 is 1.42 bits per heavy atom. The molecule has 6 atom stereocenters. The van der Waals surface area contributed by atoms with E-state index in [1.54, 1.807) is 13.0 Å². The second-order valence-electron chi connectivity index (χ2n) is 8.04. The Labute approximate surface area is 143 Å². The molecule has 0 aromatic heterocycles. The first-order chi connectivity index (χ1) is 11.4. The summed E-state index contributed by atoms with van der Waals surface area (Å²) in [6, 6.07) is 0. The minimum atomic E-state index is -0.648. The lowest BCUT2D eigenvalue weighted by atomic mass is 9.52. The van der Waals surface area contributed by atoms with Gasteiger partial charge in [0.25, 0.3) is 0 Å². The van der Waals surface area contributed by atoms with Gasteiger partial charge < -0.3 is 18.9 Å². The normalized spacial score (nSPS) is 49.0. The van der Waals surface area contributed by atoms with Crippen LogP contribution < -0.4 is 0 Å². The summed E-state index contributed by atoms with van der Waals surface area (Å²) >= 11 is 0. The van der Waals surface area contributed by atoms with Gasteiger partial charge in [-0.15, -0.1) is 0 Å². The third-order valence-corrected chi connectivity index (χ3v) is 7.07. The summed E-state index contributed by atoms with van der Waals surface area (Å²) < 4.78 is 23.2. The maximum atomic E-state index is 12.0. The van der Waals surface area contributed by atoms with Crippen LogP contribution in [0.1, 0.15) is 47.0 Å². The van der Waals surface area contributed by atoms with E-state index in [0.717, 1.165) is 12.8 Å². The number of carbonyl (C=O) groups is 1. The molecule has 0 radical (unpaired) electrons. The van der Waals surface area contributed by atoms with E-state index in [0.29, 0.717) is 13.0 Å². The number of ether oxygens (including phenoxy) is 4. The van der Waals surface area contributed by atoms with Crippen LogP contribution in [-0.4, -0.2) is 36.7 Å². The van der Waals surface area contributed by atoms with Crippen LogP contribution in [0, 0.1) is 10.8 Å². The number of fused-ring (bicyclic) bond motifs is 2. The smallest absolute Gasteiger partial charge is 0.430 e. The first-order valence-corrected chi connectivity index (χ1v) is 8.82. The molecule has 132 valence electrons. The molecular weight excluding hydrogens is 308 g/mol. The van der Waals surface area contributed by atoms with E-state index in [4.69, 9.17) is 18.9 Å². The molecule has 4 aliphatic rings. The van der Waals surface area contributed by atoms with Crippen molar-refractivity contribution < 1.29 is 23.7 Å². The van der Waals surface area contributed by atoms with Gasteiger partial charge in [-0.2, -0.15) is 0 Å². The monoisotopic (exact) mass is 334 g/mol. The zero-order valence-electron chi connectivity index (χ0n) is 14.8. The van der Waals surface area contributed by atoms with Crippen LogP contribution in [-0.2, 0) is 18.9 Å². The number of carbonyl (C=O) groups excluding carboxylic acids is 1. The average Bonchev–Trinajstić information content (AvgIpc) is 3.31. The predicted molar refractivity (Wildman–Crippen MR) is 87.3 cm³/mol. The second-order valence-corrected chi connectivity index (χ2v) is 8.04. The van der Waals surface area contributed by atoms with Crippen LogP contribution in [0.15, 0.2) is 24.0 Å². The van der Waals surface area contributed by atoms with Crippen LogP contribution in [0.25, 0.3) is 0 Å². The summed E-state index contributed by atoms with van der Waals surface area (Å²) in [6.45, 7) is 9.12. The number of allylic oxidation sites excluding steroid dienone is 2. The average molecular weight is 334 g/mol. The standard InChI is InChI=1S/C19H26O5/c1-5-8-21-16(20)24-14-10-15-19(11-22-19)18(14,4)17(3)7-6-12(2)9-13(17)23-15/h5,8-9,13-15H,6-7,10-11H2,1-4H3. The molecule has 24 heavy (non-hydrogen) atoms. The third-order valence-electron chi connectivity index (χ3n) is 7.07. The van der Waals surface area contributed by atoms with Gasteiger partial charge in [0.05, 0.1) is 25.1 Å². The molecule has 1 spiro atoms. The van der Waals surface area contributed by atoms with E-state index in [1.165, 1.54) is 11.8 Å². The number of hydrogen-bond acceptors (Lipinski definition) is 5. The van der Waals surface area contributed by atoms with Crippen LogP contribution in [0.5, 0.6) is 0 Å². The maximum Gasteiger partial charge on any atom is 0.513 e. The van der Waals surface area contributed by atoms with Gasteiger partial charge in [-0.05, 0) is 26.7 Å². The summed E-state index contributed by atoms with van der Waals surface area (Å²) in [6.07, 6.45) is 7.11. The first kappa shape index (κ1) is 16.2. The largest absolute Gasteiger partial charge is 0.513 e. The Hall–Kier alpha value is -1.33. The molecule has 6 unspecified atom stereocenters. The van der Waals surface area contributed by atoms with Crippen molar-refractivity contribution in [1.29, 1.82) is 0 Å². The molecular formula is C19H26O5. The Balaban J connectivity index is 1.68. The van der Waals surface area contributed by atoms with Gasteiger partial charge in [0, 0.05) is 17.3 Å². The van der Waals surface area contributed by atoms with Crippen LogP contribution in [0.4, 0.5) is 4.79 Å². The molecule has 2 aliphatic carbocycles. The lowest BCUT2D eigenvalue weighted by molar-refractivity contribution is -0.205. The topological polar surface area (TPSA) is 57.3 Å². The van der Waals surface area contributed by atoms with Crippen LogP contribution in [0.2, 0.25) is 0 Å². The van der Waals surface area contributed by atoms with Gasteiger partial charge in [-0.25, -0.2) is 4.79 Å². The molecule has 3 fully saturated rings. The van der Waals surface area contributed by atoms with E-state index in [9.17, 15) is 4.79 Å². The summed E-state index contributed by atoms with van der Waals surface area (Å²) in [5, 5.41) is 0. The van der Waals surface area contributed by atoms with Crippen molar-refractivity contribution in [3.8, 4) is 0 Å². The number of epoxide rings is 1. The first-order valence-electron chi connectivity index (χ1n) is 8.82.